The largest absolute Gasteiger partial charge is 0.332 e. The molecule has 0 heterocycles. The van der Waals surface area contributed by atoms with Gasteiger partial charge in [-0.2, -0.15) is 0 Å². The Kier molecular flexibility index (Phi) is 3.94. The molecule has 0 atom stereocenters. The van der Waals surface area contributed by atoms with Crippen molar-refractivity contribution in [1.29, 1.82) is 0 Å². The molecular weight excluding hydrogens is 358 g/mol. The zero-order valence-electron chi connectivity index (χ0n) is 14.2. The minimum atomic E-state index is -4.07. The van der Waals surface area contributed by atoms with Gasteiger partial charge in [0.05, 0.1) is 9.82 Å². The van der Waals surface area contributed by atoms with Crippen LogP contribution >= 0.6 is 0 Å². The summed E-state index contributed by atoms with van der Waals surface area (Å²) in [4.78, 5) is 22.3. The molecule has 5 rings (SSSR count). The van der Waals surface area contributed by atoms with Crippen molar-refractivity contribution in [3.05, 3.63) is 34.4 Å². The highest BCUT2D eigenvalue weighted by atomic mass is 32.2. The summed E-state index contributed by atoms with van der Waals surface area (Å²) in [5.74, 6) is 1.90. The molecule has 1 aromatic rings. The topological polar surface area (TPSA) is 118 Å². The number of benzene rings is 1. The molecule has 4 aliphatic rings. The fourth-order valence-electron chi connectivity index (χ4n) is 5.46. The Bertz CT molecular complexity index is 814. The van der Waals surface area contributed by atoms with Crippen LogP contribution in [-0.2, 0) is 10.0 Å². The molecule has 140 valence electrons. The van der Waals surface area contributed by atoms with Crippen LogP contribution in [0.15, 0.2) is 29.2 Å². The number of hydrogen-bond donors (Lipinski definition) is 2. The first kappa shape index (κ1) is 17.3. The SMILES string of the molecule is O=C(NC12CC3CC(CC(C3)C1)C2)NS(=O)(=O)c1ccc([N+](=O)[O-])cc1. The number of sulfonamides is 1. The number of nitrogens with one attached hydrogen (secondary N) is 2. The first-order valence-corrected chi connectivity index (χ1v) is 10.3. The van der Waals surface area contributed by atoms with E-state index in [0.717, 1.165) is 43.5 Å². The molecule has 4 bridgehead atoms. The van der Waals surface area contributed by atoms with Crippen LogP contribution in [0, 0.1) is 27.9 Å². The second-order valence-electron chi connectivity index (χ2n) is 8.01. The van der Waals surface area contributed by atoms with Crippen LogP contribution in [0.25, 0.3) is 0 Å². The maximum atomic E-state index is 12.4. The molecule has 1 aromatic carbocycles. The van der Waals surface area contributed by atoms with E-state index < -0.39 is 21.0 Å². The molecule has 2 amide bonds. The Hall–Kier alpha value is -2.16. The lowest BCUT2D eigenvalue weighted by molar-refractivity contribution is -0.384. The van der Waals surface area contributed by atoms with Crippen molar-refractivity contribution in [3.8, 4) is 0 Å². The lowest BCUT2D eigenvalue weighted by Crippen LogP contribution is -2.61. The van der Waals surface area contributed by atoms with Crippen LogP contribution in [0.1, 0.15) is 38.5 Å². The minimum absolute atomic E-state index is 0.177. The van der Waals surface area contributed by atoms with Gasteiger partial charge in [0, 0.05) is 17.7 Å². The Morgan fingerprint density at radius 1 is 1.04 bits per heavy atom. The first-order valence-electron chi connectivity index (χ1n) is 8.84. The average molecular weight is 379 g/mol. The van der Waals surface area contributed by atoms with Crippen molar-refractivity contribution in [1.82, 2.24) is 10.0 Å². The van der Waals surface area contributed by atoms with E-state index in [1.807, 2.05) is 4.72 Å². The van der Waals surface area contributed by atoms with Gasteiger partial charge in [-0.1, -0.05) is 0 Å². The van der Waals surface area contributed by atoms with Gasteiger partial charge in [-0.25, -0.2) is 17.9 Å². The first-order chi connectivity index (χ1) is 12.2. The number of nitrogens with zero attached hydrogens (tertiary/aromatic N) is 1. The van der Waals surface area contributed by atoms with Gasteiger partial charge >= 0.3 is 6.03 Å². The van der Waals surface area contributed by atoms with E-state index in [2.05, 4.69) is 5.32 Å². The number of rotatable bonds is 4. The minimum Gasteiger partial charge on any atom is -0.332 e. The number of carbonyl (C=O) groups excluding carboxylic acids is 1. The molecule has 4 aliphatic carbocycles. The molecule has 8 nitrogen and oxygen atoms in total. The number of carbonyl (C=O) groups is 1. The van der Waals surface area contributed by atoms with Gasteiger partial charge in [-0.15, -0.1) is 0 Å². The predicted octanol–water partition coefficient (Wildman–Crippen LogP) is 2.55. The zero-order chi connectivity index (χ0) is 18.5. The van der Waals surface area contributed by atoms with Gasteiger partial charge in [0.25, 0.3) is 15.7 Å². The Balaban J connectivity index is 1.45. The van der Waals surface area contributed by atoms with E-state index in [0.29, 0.717) is 17.8 Å². The van der Waals surface area contributed by atoms with Crippen molar-refractivity contribution >= 4 is 21.7 Å². The molecule has 4 saturated carbocycles. The third-order valence-electron chi connectivity index (χ3n) is 6.00. The van der Waals surface area contributed by atoms with Crippen LogP contribution in [0.3, 0.4) is 0 Å². The lowest BCUT2D eigenvalue weighted by Gasteiger charge is -2.56. The molecule has 26 heavy (non-hydrogen) atoms. The highest BCUT2D eigenvalue weighted by molar-refractivity contribution is 7.90. The van der Waals surface area contributed by atoms with E-state index in [1.165, 1.54) is 19.3 Å². The highest BCUT2D eigenvalue weighted by Gasteiger charge is 2.51. The molecule has 0 unspecified atom stereocenters. The smallest absolute Gasteiger partial charge is 0.329 e. The van der Waals surface area contributed by atoms with Crippen LogP contribution in [0.2, 0.25) is 0 Å². The van der Waals surface area contributed by atoms with Crippen molar-refractivity contribution < 1.29 is 18.1 Å². The molecule has 4 fully saturated rings. The third-order valence-corrected chi connectivity index (χ3v) is 7.35. The van der Waals surface area contributed by atoms with E-state index in [1.54, 1.807) is 0 Å². The Morgan fingerprint density at radius 2 is 1.54 bits per heavy atom. The summed E-state index contributed by atoms with van der Waals surface area (Å²) < 4.78 is 26.8. The molecule has 2 N–H and O–H groups in total. The van der Waals surface area contributed by atoms with Gasteiger partial charge in [0.1, 0.15) is 0 Å². The standard InChI is InChI=1S/C17H21N3O5S/c21-16(18-17-8-11-5-12(9-17)7-13(6-11)10-17)19-26(24,25)15-3-1-14(2-4-15)20(22)23/h1-4,11-13H,5-10H2,(H2,18,19,21). The zero-order valence-corrected chi connectivity index (χ0v) is 15.0. The van der Waals surface area contributed by atoms with E-state index in [9.17, 15) is 23.3 Å². The van der Waals surface area contributed by atoms with E-state index in [-0.39, 0.29) is 16.1 Å². The summed E-state index contributed by atoms with van der Waals surface area (Å²) in [7, 11) is -4.07. The number of urea groups is 1. The van der Waals surface area contributed by atoms with Gasteiger partial charge < -0.3 is 5.32 Å². The number of nitro groups is 1. The summed E-state index contributed by atoms with van der Waals surface area (Å²) in [6.07, 6.45) is 6.44. The summed E-state index contributed by atoms with van der Waals surface area (Å²) in [5, 5.41) is 13.6. The number of nitro benzene ring substituents is 1. The summed E-state index contributed by atoms with van der Waals surface area (Å²) in [6.45, 7) is 0. The van der Waals surface area contributed by atoms with Gasteiger partial charge in [-0.05, 0) is 68.4 Å². The van der Waals surface area contributed by atoms with E-state index in [4.69, 9.17) is 0 Å². The Labute approximate surface area is 151 Å². The third kappa shape index (κ3) is 3.15. The lowest BCUT2D eigenvalue weighted by atomic mass is 9.53. The maximum Gasteiger partial charge on any atom is 0.329 e. The fourth-order valence-corrected chi connectivity index (χ4v) is 6.37. The second kappa shape index (κ2) is 5.94. The van der Waals surface area contributed by atoms with Crippen LogP contribution in [0.5, 0.6) is 0 Å². The van der Waals surface area contributed by atoms with Gasteiger partial charge in [0.2, 0.25) is 0 Å². The number of hydrogen-bond acceptors (Lipinski definition) is 5. The summed E-state index contributed by atoms with van der Waals surface area (Å²) in [6, 6.07) is 3.74. The molecule has 0 aliphatic heterocycles. The monoisotopic (exact) mass is 379 g/mol. The number of amides is 2. The summed E-state index contributed by atoms with van der Waals surface area (Å²) >= 11 is 0. The highest BCUT2D eigenvalue weighted by Crippen LogP contribution is 2.55. The second-order valence-corrected chi connectivity index (χ2v) is 9.69. The van der Waals surface area contributed by atoms with Gasteiger partial charge in [0.15, 0.2) is 0 Å². The normalized spacial score (nSPS) is 32.2. The average Bonchev–Trinajstić information content (AvgIpc) is 2.52. The maximum absolute atomic E-state index is 12.4. The quantitative estimate of drug-likeness (QED) is 0.615. The summed E-state index contributed by atoms with van der Waals surface area (Å²) in [5.41, 5.74) is -0.494. The molecule has 0 radical (unpaired) electrons. The number of non-ortho nitro benzene ring substituents is 1. The molecular formula is C17H21N3O5S. The van der Waals surface area contributed by atoms with Crippen LogP contribution in [0.4, 0.5) is 10.5 Å². The Morgan fingerprint density at radius 3 is 2.00 bits per heavy atom. The van der Waals surface area contributed by atoms with Crippen molar-refractivity contribution in [2.75, 3.05) is 0 Å². The molecule has 0 aromatic heterocycles. The fraction of sp³-hybridized carbons (Fsp3) is 0.588. The molecule has 0 spiro atoms. The molecule has 9 heteroatoms. The van der Waals surface area contributed by atoms with Crippen LogP contribution < -0.4 is 10.0 Å². The van der Waals surface area contributed by atoms with Crippen molar-refractivity contribution in [3.63, 3.8) is 0 Å². The van der Waals surface area contributed by atoms with Gasteiger partial charge in [-0.3, -0.25) is 10.1 Å². The van der Waals surface area contributed by atoms with E-state index >= 15 is 0 Å². The van der Waals surface area contributed by atoms with Crippen molar-refractivity contribution in [2.24, 2.45) is 17.8 Å². The molecule has 0 saturated heterocycles. The van der Waals surface area contributed by atoms with Crippen molar-refractivity contribution in [2.45, 2.75) is 49.0 Å². The predicted molar refractivity (Wildman–Crippen MR) is 92.9 cm³/mol. The van der Waals surface area contributed by atoms with Crippen LogP contribution in [-0.4, -0.2) is 24.9 Å².